The molecule has 0 saturated heterocycles. The lowest BCUT2D eigenvalue weighted by molar-refractivity contribution is -0.151. The number of carbonyl (C=O) groups excluding carboxylic acids is 2. The van der Waals surface area contributed by atoms with Crippen LogP contribution < -0.4 is 0 Å². The predicted molar refractivity (Wildman–Crippen MR) is 132 cm³/mol. The van der Waals surface area contributed by atoms with Crippen LogP contribution >= 0.6 is 0 Å². The number of ether oxygens (including phenoxy) is 2. The average molecular weight is 473 g/mol. The number of rotatable bonds is 4. The molecule has 34 heavy (non-hydrogen) atoms. The lowest BCUT2D eigenvalue weighted by Crippen LogP contribution is -2.36. The second-order valence-corrected chi connectivity index (χ2v) is 9.97. The first-order chi connectivity index (χ1) is 15.7. The molecule has 2 fully saturated rings. The van der Waals surface area contributed by atoms with Crippen molar-refractivity contribution in [1.82, 2.24) is 0 Å². The molecule has 0 aromatic rings. The second kappa shape index (κ2) is 12.8. The third kappa shape index (κ3) is 11.5. The van der Waals surface area contributed by atoms with Gasteiger partial charge in [-0.3, -0.25) is 0 Å². The highest BCUT2D eigenvalue weighted by Gasteiger charge is 2.34. The Morgan fingerprint density at radius 1 is 0.824 bits per heavy atom. The van der Waals surface area contributed by atoms with E-state index in [-0.39, 0.29) is 0 Å². The van der Waals surface area contributed by atoms with E-state index in [1.807, 2.05) is 0 Å². The van der Waals surface area contributed by atoms with Crippen LogP contribution in [0.15, 0.2) is 25.3 Å². The van der Waals surface area contributed by atoms with Gasteiger partial charge in [-0.05, 0) is 79.1 Å². The van der Waals surface area contributed by atoms with E-state index < -0.39 is 34.3 Å². The van der Waals surface area contributed by atoms with Gasteiger partial charge in [0.15, 0.2) is 11.2 Å². The molecule has 0 atom stereocenters. The Hall–Kier alpha value is -2.54. The molecular formula is C28H40O6. The van der Waals surface area contributed by atoms with Crippen LogP contribution in [0.4, 0.5) is 0 Å². The first-order valence-electron chi connectivity index (χ1n) is 12.0. The minimum Gasteiger partial charge on any atom is -0.443 e. The van der Waals surface area contributed by atoms with Crippen LogP contribution in [0.3, 0.4) is 0 Å². The zero-order valence-electron chi connectivity index (χ0n) is 21.2. The lowest BCUT2D eigenvalue weighted by atomic mass is 9.84. The van der Waals surface area contributed by atoms with Crippen molar-refractivity contribution < 1.29 is 29.3 Å². The van der Waals surface area contributed by atoms with Crippen LogP contribution in [0.2, 0.25) is 0 Å². The molecule has 0 amide bonds. The molecule has 2 aliphatic carbocycles. The van der Waals surface area contributed by atoms with E-state index in [0.29, 0.717) is 12.8 Å². The molecule has 0 aromatic heterocycles. The molecule has 0 unspecified atom stereocenters. The average Bonchev–Trinajstić information content (AvgIpc) is 2.77. The molecule has 0 bridgehead atoms. The summed E-state index contributed by atoms with van der Waals surface area (Å²) in [5.74, 6) is 10.4. The third-order valence-corrected chi connectivity index (χ3v) is 5.52. The number of hydrogen-bond acceptors (Lipinski definition) is 6. The van der Waals surface area contributed by atoms with Gasteiger partial charge >= 0.3 is 11.9 Å². The quantitative estimate of drug-likeness (QED) is 0.358. The molecule has 188 valence electrons. The van der Waals surface area contributed by atoms with Gasteiger partial charge in [0.25, 0.3) is 0 Å². The fraction of sp³-hybridized carbons (Fsp3) is 0.643. The van der Waals surface area contributed by atoms with Crippen molar-refractivity contribution in [3.63, 3.8) is 0 Å². The molecule has 6 nitrogen and oxygen atoms in total. The van der Waals surface area contributed by atoms with Gasteiger partial charge in [0.1, 0.15) is 11.2 Å². The van der Waals surface area contributed by atoms with Gasteiger partial charge in [-0.2, -0.15) is 0 Å². The molecule has 2 rings (SSSR count). The molecule has 0 aromatic carbocycles. The smallest absolute Gasteiger partial charge is 0.331 e. The number of esters is 2. The lowest BCUT2D eigenvalue weighted by Gasteiger charge is -2.32. The Balaban J connectivity index is 0.000000380. The van der Waals surface area contributed by atoms with Crippen molar-refractivity contribution in [2.24, 2.45) is 0 Å². The van der Waals surface area contributed by atoms with E-state index in [1.54, 1.807) is 27.7 Å². The zero-order valence-corrected chi connectivity index (χ0v) is 21.2. The standard InChI is InChI=1S/C17H22O4.C11H18O2/c1-5-14(18)20-16(3,4)12-13-17(21-15(19)6-2)10-8-7-9-11-17;1-10(2,12)8-9-11(13)6-4-3-5-7-11/h5-6H,1-2,7-11H2,3-4H3;12-13H,3-7H2,1-2H3. The summed E-state index contributed by atoms with van der Waals surface area (Å²) in [6, 6.07) is 0. The summed E-state index contributed by atoms with van der Waals surface area (Å²) in [6.07, 6.45) is 11.4. The number of aliphatic hydroxyl groups is 2. The van der Waals surface area contributed by atoms with Crippen molar-refractivity contribution in [3.05, 3.63) is 25.3 Å². The van der Waals surface area contributed by atoms with E-state index in [0.717, 1.165) is 57.1 Å². The summed E-state index contributed by atoms with van der Waals surface area (Å²) in [6.45, 7) is 13.4. The zero-order chi connectivity index (χ0) is 25.9. The first-order valence-corrected chi connectivity index (χ1v) is 12.0. The number of carbonyl (C=O) groups is 2. The van der Waals surface area contributed by atoms with E-state index in [4.69, 9.17) is 9.47 Å². The minimum atomic E-state index is -0.993. The Bertz CT molecular complexity index is 841. The van der Waals surface area contributed by atoms with Gasteiger partial charge in [0.05, 0.1) is 0 Å². The van der Waals surface area contributed by atoms with E-state index in [2.05, 4.69) is 36.8 Å². The topological polar surface area (TPSA) is 93.1 Å². The maximum absolute atomic E-state index is 11.5. The van der Waals surface area contributed by atoms with E-state index in [1.165, 1.54) is 6.42 Å². The largest absolute Gasteiger partial charge is 0.443 e. The Morgan fingerprint density at radius 3 is 1.79 bits per heavy atom. The van der Waals surface area contributed by atoms with Crippen molar-refractivity contribution in [3.8, 4) is 23.7 Å². The van der Waals surface area contributed by atoms with Gasteiger partial charge in [-0.25, -0.2) is 9.59 Å². The summed E-state index contributed by atoms with van der Waals surface area (Å²) in [5.41, 5.74) is -3.59. The predicted octanol–water partition coefficient (Wildman–Crippen LogP) is 4.39. The van der Waals surface area contributed by atoms with Crippen LogP contribution in [0, 0.1) is 23.7 Å². The van der Waals surface area contributed by atoms with E-state index in [9.17, 15) is 19.8 Å². The SMILES string of the molecule is C=CC(=O)OC(C)(C)C#CC1(OC(=O)C=C)CCCCC1.CC(C)(O)C#CC1(O)CCCCC1. The maximum atomic E-state index is 11.5. The second-order valence-electron chi connectivity index (χ2n) is 9.97. The van der Waals surface area contributed by atoms with Gasteiger partial charge in [-0.15, -0.1) is 0 Å². The summed E-state index contributed by atoms with van der Waals surface area (Å²) in [7, 11) is 0. The Labute approximate surface area is 204 Å². The van der Waals surface area contributed by atoms with Crippen molar-refractivity contribution >= 4 is 11.9 Å². The van der Waals surface area contributed by atoms with Crippen molar-refractivity contribution in [2.75, 3.05) is 0 Å². The summed E-state index contributed by atoms with van der Waals surface area (Å²) >= 11 is 0. The Morgan fingerprint density at radius 2 is 1.32 bits per heavy atom. The van der Waals surface area contributed by atoms with Crippen LogP contribution in [0.5, 0.6) is 0 Å². The molecule has 0 spiro atoms. The highest BCUT2D eigenvalue weighted by Crippen LogP contribution is 2.32. The molecule has 2 aliphatic rings. The minimum absolute atomic E-state index is 0.480. The van der Waals surface area contributed by atoms with Crippen LogP contribution in [0.25, 0.3) is 0 Å². The van der Waals surface area contributed by atoms with Crippen molar-refractivity contribution in [1.29, 1.82) is 0 Å². The summed E-state index contributed by atoms with van der Waals surface area (Å²) in [4.78, 5) is 22.8. The fourth-order valence-electron chi connectivity index (χ4n) is 3.72. The molecule has 2 N–H and O–H groups in total. The molecule has 2 saturated carbocycles. The molecule has 0 heterocycles. The van der Waals surface area contributed by atoms with Gasteiger partial charge in [0.2, 0.25) is 0 Å². The molecule has 0 aliphatic heterocycles. The third-order valence-electron chi connectivity index (χ3n) is 5.52. The highest BCUT2D eigenvalue weighted by molar-refractivity contribution is 5.82. The van der Waals surface area contributed by atoms with Crippen LogP contribution in [0.1, 0.15) is 91.9 Å². The summed E-state index contributed by atoms with van der Waals surface area (Å²) in [5, 5.41) is 19.3. The number of hydrogen-bond donors (Lipinski definition) is 2. The maximum Gasteiger partial charge on any atom is 0.331 e. The first kappa shape index (κ1) is 29.5. The fourth-order valence-corrected chi connectivity index (χ4v) is 3.72. The molecule has 6 heteroatoms. The normalized spacial score (nSPS) is 18.8. The van der Waals surface area contributed by atoms with Gasteiger partial charge < -0.3 is 19.7 Å². The molecular weight excluding hydrogens is 432 g/mol. The monoisotopic (exact) mass is 472 g/mol. The van der Waals surface area contributed by atoms with Crippen LogP contribution in [-0.4, -0.2) is 44.6 Å². The van der Waals surface area contributed by atoms with Crippen molar-refractivity contribution in [2.45, 2.75) is 114 Å². The Kier molecular flexibility index (Phi) is 11.1. The van der Waals surface area contributed by atoms with Gasteiger partial charge in [0, 0.05) is 12.2 Å². The van der Waals surface area contributed by atoms with Gasteiger partial charge in [-0.1, -0.05) is 49.7 Å². The van der Waals surface area contributed by atoms with E-state index >= 15 is 0 Å². The van der Waals surface area contributed by atoms with Crippen LogP contribution in [-0.2, 0) is 19.1 Å². The highest BCUT2D eigenvalue weighted by atomic mass is 16.6. The molecule has 0 radical (unpaired) electrons. The summed E-state index contributed by atoms with van der Waals surface area (Å²) < 4.78 is 10.6.